The number of amides is 1. The second kappa shape index (κ2) is 8.10. The van der Waals surface area contributed by atoms with Crippen molar-refractivity contribution in [3.63, 3.8) is 0 Å². The molecule has 0 spiro atoms. The van der Waals surface area contributed by atoms with Crippen molar-refractivity contribution in [3.8, 4) is 12.1 Å². The van der Waals surface area contributed by atoms with Crippen LogP contribution >= 0.6 is 0 Å². The lowest BCUT2D eigenvalue weighted by Crippen LogP contribution is -2.32. The summed E-state index contributed by atoms with van der Waals surface area (Å²) in [6.45, 7) is -0.251. The van der Waals surface area contributed by atoms with Crippen LogP contribution in [0.25, 0.3) is 0 Å². The summed E-state index contributed by atoms with van der Waals surface area (Å²) in [5.74, 6) is -0.403. The predicted molar refractivity (Wildman–Crippen MR) is 84.5 cm³/mol. The molecule has 2 rings (SSSR count). The van der Waals surface area contributed by atoms with Gasteiger partial charge in [0.05, 0.1) is 12.1 Å². The number of hydrogen-bond acceptors (Lipinski definition) is 4. The molecule has 1 aliphatic rings. The normalized spacial score (nSPS) is 12.6. The highest BCUT2D eigenvalue weighted by atomic mass is 16.2. The summed E-state index contributed by atoms with van der Waals surface area (Å²) in [6.07, 6.45) is 4.56. The van der Waals surface area contributed by atoms with Gasteiger partial charge < -0.3 is 4.90 Å². The zero-order valence-electron chi connectivity index (χ0n) is 13.0. The van der Waals surface area contributed by atoms with Crippen molar-refractivity contribution < 1.29 is 9.59 Å². The molecule has 0 bridgehead atoms. The second-order valence-corrected chi connectivity index (χ2v) is 5.68. The molecule has 0 atom stereocenters. The van der Waals surface area contributed by atoms with Gasteiger partial charge in [0.1, 0.15) is 13.1 Å². The lowest BCUT2D eigenvalue weighted by Gasteiger charge is -2.17. The molecule has 1 aliphatic carbocycles. The first-order chi connectivity index (χ1) is 11.2. The monoisotopic (exact) mass is 309 g/mol. The maximum Gasteiger partial charge on any atom is 0.224 e. The van der Waals surface area contributed by atoms with Gasteiger partial charge in [-0.25, -0.2) is 0 Å². The van der Waals surface area contributed by atoms with E-state index in [-0.39, 0.29) is 37.6 Å². The Morgan fingerprint density at radius 1 is 1.00 bits per heavy atom. The van der Waals surface area contributed by atoms with Crippen molar-refractivity contribution >= 4 is 11.7 Å². The fourth-order valence-corrected chi connectivity index (χ4v) is 2.83. The highest BCUT2D eigenvalue weighted by molar-refractivity contribution is 5.98. The number of benzene rings is 1. The van der Waals surface area contributed by atoms with Crippen molar-refractivity contribution in [2.75, 3.05) is 13.1 Å². The van der Waals surface area contributed by atoms with Crippen LogP contribution < -0.4 is 0 Å². The third-order valence-corrected chi connectivity index (χ3v) is 4.11. The molecule has 0 radical (unpaired) electrons. The topological polar surface area (TPSA) is 85.0 Å². The zero-order valence-corrected chi connectivity index (χ0v) is 13.0. The van der Waals surface area contributed by atoms with Crippen LogP contribution in [0.3, 0.4) is 0 Å². The second-order valence-electron chi connectivity index (χ2n) is 5.68. The van der Waals surface area contributed by atoms with Crippen LogP contribution in [0.15, 0.2) is 18.2 Å². The van der Waals surface area contributed by atoms with Crippen LogP contribution in [0.5, 0.6) is 0 Å². The Morgan fingerprint density at radius 2 is 1.65 bits per heavy atom. The lowest BCUT2D eigenvalue weighted by molar-refractivity contribution is -0.130. The summed E-state index contributed by atoms with van der Waals surface area (Å²) < 4.78 is 0. The van der Waals surface area contributed by atoms with Gasteiger partial charge in [0.25, 0.3) is 0 Å². The van der Waals surface area contributed by atoms with Gasteiger partial charge in [-0.1, -0.05) is 12.1 Å². The summed E-state index contributed by atoms with van der Waals surface area (Å²) in [5, 5.41) is 17.3. The Morgan fingerprint density at radius 3 is 2.30 bits per heavy atom. The van der Waals surface area contributed by atoms with Gasteiger partial charge in [0, 0.05) is 18.4 Å². The van der Waals surface area contributed by atoms with E-state index in [0.717, 1.165) is 19.3 Å². The van der Waals surface area contributed by atoms with Crippen LogP contribution in [0.2, 0.25) is 0 Å². The smallest absolute Gasteiger partial charge is 0.224 e. The van der Waals surface area contributed by atoms with Crippen molar-refractivity contribution in [1.82, 2.24) is 4.90 Å². The summed E-state index contributed by atoms with van der Waals surface area (Å²) in [7, 11) is 0. The number of nitrogens with zero attached hydrogens (tertiary/aromatic N) is 3. The molecular weight excluding hydrogens is 290 g/mol. The standard InChI is InChI=1S/C18H19N3O2/c19-9-11-21(12-10-20)18(23)8-7-17(22)16-6-5-14-3-1-2-4-15(14)13-16/h5-6,13H,1-4,7-8,11-12H2. The van der Waals surface area contributed by atoms with Gasteiger partial charge in [0.2, 0.25) is 5.91 Å². The Labute approximate surface area is 136 Å². The molecule has 0 fully saturated rings. The average molecular weight is 309 g/mol. The van der Waals surface area contributed by atoms with E-state index >= 15 is 0 Å². The van der Waals surface area contributed by atoms with E-state index in [1.807, 2.05) is 30.3 Å². The third-order valence-electron chi connectivity index (χ3n) is 4.11. The largest absolute Gasteiger partial charge is 0.316 e. The van der Waals surface area contributed by atoms with Gasteiger partial charge in [-0.15, -0.1) is 0 Å². The fraction of sp³-hybridized carbons (Fsp3) is 0.444. The number of nitriles is 2. The van der Waals surface area contributed by atoms with E-state index < -0.39 is 0 Å². The lowest BCUT2D eigenvalue weighted by atomic mass is 9.89. The zero-order chi connectivity index (χ0) is 16.7. The van der Waals surface area contributed by atoms with Crippen molar-refractivity contribution in [2.24, 2.45) is 0 Å². The van der Waals surface area contributed by atoms with Gasteiger partial charge >= 0.3 is 0 Å². The maximum absolute atomic E-state index is 12.3. The van der Waals surface area contributed by atoms with Gasteiger partial charge in [-0.3, -0.25) is 9.59 Å². The molecule has 0 heterocycles. The SMILES string of the molecule is N#CCN(CC#N)C(=O)CCC(=O)c1ccc2c(c1)CCCC2. The number of hydrogen-bond donors (Lipinski definition) is 0. The highest BCUT2D eigenvalue weighted by Gasteiger charge is 2.17. The van der Waals surface area contributed by atoms with Gasteiger partial charge in [0.15, 0.2) is 5.78 Å². The highest BCUT2D eigenvalue weighted by Crippen LogP contribution is 2.23. The van der Waals surface area contributed by atoms with Crippen molar-refractivity contribution in [1.29, 1.82) is 10.5 Å². The number of aryl methyl sites for hydroxylation is 2. The number of carbonyl (C=O) groups is 2. The average Bonchev–Trinajstić information content (AvgIpc) is 2.58. The Balaban J connectivity index is 1.95. The van der Waals surface area contributed by atoms with Crippen LogP contribution in [0, 0.1) is 22.7 Å². The summed E-state index contributed by atoms with van der Waals surface area (Å²) in [6, 6.07) is 9.51. The maximum atomic E-state index is 12.3. The first-order valence-corrected chi connectivity index (χ1v) is 7.82. The molecule has 1 aromatic carbocycles. The molecule has 0 saturated heterocycles. The molecule has 0 N–H and O–H groups in total. The minimum atomic E-state index is -0.334. The number of carbonyl (C=O) groups excluding carboxylic acids is 2. The molecule has 23 heavy (non-hydrogen) atoms. The molecule has 5 nitrogen and oxygen atoms in total. The first-order valence-electron chi connectivity index (χ1n) is 7.82. The van der Waals surface area contributed by atoms with E-state index in [0.29, 0.717) is 5.56 Å². The van der Waals surface area contributed by atoms with Gasteiger partial charge in [-0.2, -0.15) is 10.5 Å². The van der Waals surface area contributed by atoms with Gasteiger partial charge in [-0.05, 0) is 42.9 Å². The minimum absolute atomic E-state index is 0.0271. The van der Waals surface area contributed by atoms with Crippen LogP contribution in [0.4, 0.5) is 0 Å². The van der Waals surface area contributed by atoms with Crippen LogP contribution in [-0.2, 0) is 17.6 Å². The Hall–Kier alpha value is -2.66. The number of fused-ring (bicyclic) bond motifs is 1. The molecule has 0 unspecified atom stereocenters. The van der Waals surface area contributed by atoms with E-state index in [9.17, 15) is 9.59 Å². The number of ketones is 1. The van der Waals surface area contributed by atoms with Crippen molar-refractivity contribution in [2.45, 2.75) is 38.5 Å². The van der Waals surface area contributed by atoms with E-state index in [2.05, 4.69) is 0 Å². The van der Waals surface area contributed by atoms with Crippen molar-refractivity contribution in [3.05, 3.63) is 34.9 Å². The number of rotatable bonds is 6. The first kappa shape index (κ1) is 16.7. The van der Waals surface area contributed by atoms with Crippen LogP contribution in [0.1, 0.15) is 47.2 Å². The fourth-order valence-electron chi connectivity index (χ4n) is 2.83. The Kier molecular flexibility index (Phi) is 5.88. The summed E-state index contributed by atoms with van der Waals surface area (Å²) in [4.78, 5) is 25.4. The predicted octanol–water partition coefficient (Wildman–Crippen LogP) is 2.40. The summed E-state index contributed by atoms with van der Waals surface area (Å²) in [5.41, 5.74) is 3.20. The minimum Gasteiger partial charge on any atom is -0.316 e. The van der Waals surface area contributed by atoms with E-state index in [1.54, 1.807) is 0 Å². The molecule has 118 valence electrons. The van der Waals surface area contributed by atoms with E-state index in [4.69, 9.17) is 10.5 Å². The number of Topliss-reactive ketones (excluding diaryl/α,β-unsaturated/α-hetero) is 1. The molecule has 0 aromatic heterocycles. The Bertz CT molecular complexity index is 666. The molecule has 1 aromatic rings. The quantitative estimate of drug-likeness (QED) is 0.596. The summed E-state index contributed by atoms with van der Waals surface area (Å²) >= 11 is 0. The molecule has 0 aliphatic heterocycles. The third kappa shape index (κ3) is 4.40. The molecule has 1 amide bonds. The molecular formula is C18H19N3O2. The molecule has 0 saturated carbocycles. The van der Waals surface area contributed by atoms with E-state index in [1.165, 1.54) is 22.4 Å². The van der Waals surface area contributed by atoms with Crippen LogP contribution in [-0.4, -0.2) is 29.7 Å². The molecule has 5 heteroatoms.